The molecule has 0 aliphatic carbocycles. The lowest BCUT2D eigenvalue weighted by Crippen LogP contribution is -2.53. The summed E-state index contributed by atoms with van der Waals surface area (Å²) >= 11 is 13.8. The van der Waals surface area contributed by atoms with Crippen LogP contribution in [0, 0.1) is 0 Å². The third-order valence-corrected chi connectivity index (χ3v) is 7.81. The zero-order chi connectivity index (χ0) is 25.3. The van der Waals surface area contributed by atoms with Crippen molar-refractivity contribution >= 4 is 40.3 Å². The summed E-state index contributed by atoms with van der Waals surface area (Å²) in [6.07, 6.45) is 0. The number of halogens is 2. The minimum Gasteiger partial charge on any atom is -0.497 e. The van der Waals surface area contributed by atoms with Gasteiger partial charge in [0.05, 0.1) is 31.2 Å². The maximum atomic E-state index is 14.3. The predicted molar refractivity (Wildman–Crippen MR) is 145 cm³/mol. The normalized spacial score (nSPS) is 21.3. The molecule has 36 heavy (non-hydrogen) atoms. The largest absolute Gasteiger partial charge is 0.497 e. The fourth-order valence-corrected chi connectivity index (χ4v) is 5.65. The monoisotopic (exact) mass is 538 g/mol. The third-order valence-electron chi connectivity index (χ3n) is 6.43. The van der Waals surface area contributed by atoms with Crippen molar-refractivity contribution in [3.63, 3.8) is 0 Å². The molecule has 5 nitrogen and oxygen atoms in total. The molecule has 2 N–H and O–H groups in total. The van der Waals surface area contributed by atoms with E-state index in [1.165, 1.54) is 11.3 Å². The van der Waals surface area contributed by atoms with Crippen LogP contribution in [0.1, 0.15) is 38.4 Å². The average Bonchev–Trinajstić information content (AvgIpc) is 3.58. The van der Waals surface area contributed by atoms with Crippen LogP contribution < -0.4 is 20.1 Å². The second kappa shape index (κ2) is 10.2. The Morgan fingerprint density at radius 2 is 1.42 bits per heavy atom. The van der Waals surface area contributed by atoms with Crippen LogP contribution in [0.15, 0.2) is 84.2 Å². The molecule has 0 saturated carbocycles. The summed E-state index contributed by atoms with van der Waals surface area (Å²) in [5, 5.41) is 10.5. The summed E-state index contributed by atoms with van der Waals surface area (Å²) in [6, 6.07) is 24.0. The summed E-state index contributed by atoms with van der Waals surface area (Å²) in [5.74, 6) is 1.07. The van der Waals surface area contributed by atoms with Gasteiger partial charge < -0.3 is 9.47 Å². The predicted octanol–water partition coefficient (Wildman–Crippen LogP) is 6.78. The maximum Gasteiger partial charge on any atom is 0.212 e. The summed E-state index contributed by atoms with van der Waals surface area (Å²) in [6.45, 7) is 0. The van der Waals surface area contributed by atoms with Crippen molar-refractivity contribution in [1.29, 1.82) is 0 Å². The van der Waals surface area contributed by atoms with E-state index in [1.54, 1.807) is 20.3 Å². The first kappa shape index (κ1) is 24.8. The van der Waals surface area contributed by atoms with Gasteiger partial charge in [0.25, 0.3) is 0 Å². The Labute approximate surface area is 224 Å². The van der Waals surface area contributed by atoms with Crippen LogP contribution in [-0.4, -0.2) is 20.0 Å². The highest BCUT2D eigenvalue weighted by Gasteiger charge is 2.53. The number of hydrogen-bond acceptors (Lipinski definition) is 6. The van der Waals surface area contributed by atoms with Gasteiger partial charge in [-0.1, -0.05) is 53.5 Å². The van der Waals surface area contributed by atoms with E-state index in [1.807, 2.05) is 78.2 Å². The molecule has 2 heterocycles. The Kier molecular flexibility index (Phi) is 7.06. The Balaban J connectivity index is 1.71. The molecule has 1 aromatic heterocycles. The van der Waals surface area contributed by atoms with Crippen molar-refractivity contribution in [2.45, 2.75) is 17.7 Å². The molecular formula is C28H24Cl2N2O3S. The van der Waals surface area contributed by atoms with E-state index in [4.69, 9.17) is 32.7 Å². The summed E-state index contributed by atoms with van der Waals surface area (Å²) in [7, 11) is 3.18. The van der Waals surface area contributed by atoms with Crippen LogP contribution >= 0.6 is 34.5 Å². The fraction of sp³-hybridized carbons (Fsp3) is 0.179. The summed E-state index contributed by atoms with van der Waals surface area (Å²) in [5.41, 5.74) is 1.36. The molecule has 184 valence electrons. The van der Waals surface area contributed by atoms with Gasteiger partial charge in [0.15, 0.2) is 5.66 Å². The topological polar surface area (TPSA) is 59.6 Å². The van der Waals surface area contributed by atoms with Gasteiger partial charge in [-0.25, -0.2) is 0 Å². The van der Waals surface area contributed by atoms with Gasteiger partial charge in [-0.3, -0.25) is 15.4 Å². The number of ether oxygens (including phenoxy) is 2. The van der Waals surface area contributed by atoms with Gasteiger partial charge in [0.1, 0.15) is 11.5 Å². The van der Waals surface area contributed by atoms with Crippen molar-refractivity contribution in [1.82, 2.24) is 10.6 Å². The number of Topliss-reactive ketones (excluding diaryl/α,β-unsaturated/α-hetero) is 1. The number of carbonyl (C=O) groups is 1. The van der Waals surface area contributed by atoms with E-state index in [9.17, 15) is 4.79 Å². The summed E-state index contributed by atoms with van der Waals surface area (Å²) < 4.78 is 11.2. The lowest BCUT2D eigenvalue weighted by Gasteiger charge is -2.31. The number of thiophene rings is 1. The Morgan fingerprint density at radius 1 is 0.833 bits per heavy atom. The Hall–Kier alpha value is -2.87. The number of benzene rings is 3. The number of carbonyl (C=O) groups excluding carboxylic acids is 1. The molecule has 2 atom stereocenters. The molecule has 0 spiro atoms. The maximum absolute atomic E-state index is 14.3. The number of methoxy groups -OCH3 is 2. The summed E-state index contributed by atoms with van der Waals surface area (Å²) in [4.78, 5) is 14.9. The highest BCUT2D eigenvalue weighted by molar-refractivity contribution is 7.12. The van der Waals surface area contributed by atoms with Crippen molar-refractivity contribution in [3.8, 4) is 11.5 Å². The fourth-order valence-electron chi connectivity index (χ4n) is 4.68. The Bertz CT molecular complexity index is 1310. The van der Waals surface area contributed by atoms with E-state index >= 15 is 0 Å². The highest BCUT2D eigenvalue weighted by Crippen LogP contribution is 2.46. The van der Waals surface area contributed by atoms with E-state index < -0.39 is 5.66 Å². The van der Waals surface area contributed by atoms with Gasteiger partial charge >= 0.3 is 0 Å². The van der Waals surface area contributed by atoms with E-state index in [0.717, 1.165) is 11.1 Å². The SMILES string of the molecule is COc1ccc(C2(C(=O)c3cccs3)NC(c3ccc(Cl)cc3)C(c3ccc(Cl)cc3)N2)c(OC)c1. The van der Waals surface area contributed by atoms with Gasteiger partial charge in [0, 0.05) is 21.7 Å². The number of nitrogens with one attached hydrogen (secondary N) is 2. The van der Waals surface area contributed by atoms with Crippen LogP contribution in [0.2, 0.25) is 10.0 Å². The van der Waals surface area contributed by atoms with Gasteiger partial charge in [-0.2, -0.15) is 0 Å². The molecule has 1 fully saturated rings. The van der Waals surface area contributed by atoms with Crippen molar-refractivity contribution in [2.24, 2.45) is 0 Å². The first-order chi connectivity index (χ1) is 17.4. The van der Waals surface area contributed by atoms with Gasteiger partial charge in [-0.05, 0) is 59.0 Å². The van der Waals surface area contributed by atoms with E-state index in [-0.39, 0.29) is 17.9 Å². The first-order valence-corrected chi connectivity index (χ1v) is 13.0. The molecule has 1 saturated heterocycles. The standard InChI is InChI=1S/C28H24Cl2N2O3S/c1-34-21-13-14-22(23(16-21)35-2)28(27(33)24-4-3-15-36-24)31-25(17-5-9-19(29)10-6-17)26(32-28)18-7-11-20(30)12-8-18/h3-16,25-26,31-32H,1-2H3. The van der Waals surface area contributed by atoms with Crippen LogP contribution in [-0.2, 0) is 5.66 Å². The van der Waals surface area contributed by atoms with Crippen LogP contribution in [0.25, 0.3) is 0 Å². The zero-order valence-electron chi connectivity index (χ0n) is 19.6. The highest BCUT2D eigenvalue weighted by atomic mass is 35.5. The smallest absolute Gasteiger partial charge is 0.212 e. The molecule has 0 radical (unpaired) electrons. The minimum absolute atomic E-state index is 0.101. The molecular weight excluding hydrogens is 515 g/mol. The molecule has 1 aliphatic rings. The van der Waals surface area contributed by atoms with Crippen molar-refractivity contribution in [3.05, 3.63) is 116 Å². The van der Waals surface area contributed by atoms with Crippen molar-refractivity contribution < 1.29 is 14.3 Å². The molecule has 2 unspecified atom stereocenters. The lowest BCUT2D eigenvalue weighted by molar-refractivity contribution is 0.0836. The van der Waals surface area contributed by atoms with Gasteiger partial charge in [0.2, 0.25) is 5.78 Å². The minimum atomic E-state index is -1.28. The average molecular weight is 539 g/mol. The molecule has 8 heteroatoms. The van der Waals surface area contributed by atoms with Crippen LogP contribution in [0.3, 0.4) is 0 Å². The zero-order valence-corrected chi connectivity index (χ0v) is 22.0. The first-order valence-electron chi connectivity index (χ1n) is 11.3. The van der Waals surface area contributed by atoms with Gasteiger partial charge in [-0.15, -0.1) is 11.3 Å². The lowest BCUT2D eigenvalue weighted by atomic mass is 9.92. The van der Waals surface area contributed by atoms with E-state index in [0.29, 0.717) is 32.0 Å². The second-order valence-electron chi connectivity index (χ2n) is 8.47. The molecule has 0 amide bonds. The van der Waals surface area contributed by atoms with Crippen molar-refractivity contribution in [2.75, 3.05) is 14.2 Å². The van der Waals surface area contributed by atoms with Crippen LogP contribution in [0.5, 0.6) is 11.5 Å². The quantitative estimate of drug-likeness (QED) is 0.254. The van der Waals surface area contributed by atoms with Crippen LogP contribution in [0.4, 0.5) is 0 Å². The third kappa shape index (κ3) is 4.51. The molecule has 4 aromatic rings. The number of ketones is 1. The molecule has 0 bridgehead atoms. The Morgan fingerprint density at radius 3 is 1.89 bits per heavy atom. The molecule has 1 aliphatic heterocycles. The number of rotatable bonds is 7. The number of hydrogen-bond donors (Lipinski definition) is 2. The second-order valence-corrected chi connectivity index (χ2v) is 10.3. The molecule has 3 aromatic carbocycles. The molecule has 5 rings (SSSR count). The van der Waals surface area contributed by atoms with E-state index in [2.05, 4.69) is 10.6 Å².